The van der Waals surface area contributed by atoms with Crippen molar-refractivity contribution in [1.82, 2.24) is 0 Å². The van der Waals surface area contributed by atoms with Crippen LogP contribution >= 0.6 is 34.0 Å². The van der Waals surface area contributed by atoms with Crippen LogP contribution in [0.25, 0.3) is 155 Å². The van der Waals surface area contributed by atoms with E-state index in [-0.39, 0.29) is 0 Å². The van der Waals surface area contributed by atoms with Gasteiger partial charge in [-0.15, -0.1) is 34.0 Å². The molecule has 0 radical (unpaired) electrons. The topological polar surface area (TPSA) is 0 Å². The van der Waals surface area contributed by atoms with Gasteiger partial charge in [-0.2, -0.15) is 0 Å². The number of hydrogen-bond acceptors (Lipinski definition) is 3. The van der Waals surface area contributed by atoms with Crippen molar-refractivity contribution >= 4 is 189 Å². The highest BCUT2D eigenvalue weighted by Crippen LogP contribution is 2.63. The Morgan fingerprint density at radius 1 is 0.373 bits per heavy atom. The van der Waals surface area contributed by atoms with Gasteiger partial charge in [0.1, 0.15) is 0 Å². The van der Waals surface area contributed by atoms with Gasteiger partial charge in [0.05, 0.1) is 0 Å². The predicted molar refractivity (Wildman–Crippen MR) is 230 cm³/mol. The monoisotopic (exact) mass is 692 g/mol. The minimum atomic E-state index is 1.11. The summed E-state index contributed by atoms with van der Waals surface area (Å²) >= 11 is 5.95. The van der Waals surface area contributed by atoms with Crippen molar-refractivity contribution in [3.8, 4) is 0 Å². The Morgan fingerprint density at radius 2 is 0.804 bits per heavy atom. The molecule has 0 nitrogen and oxygen atoms in total. The molecule has 1 aliphatic rings. The Morgan fingerprint density at radius 3 is 1.35 bits per heavy atom. The third kappa shape index (κ3) is 2.34. The van der Waals surface area contributed by atoms with Crippen LogP contribution < -0.4 is 0 Å². The Kier molecular flexibility index (Phi) is 3.71. The van der Waals surface area contributed by atoms with Crippen LogP contribution in [0, 0.1) is 0 Å². The summed E-state index contributed by atoms with van der Waals surface area (Å²) in [6.07, 6.45) is 7.10. The molecular formula is C48H20S3. The SMILES string of the molecule is C1=Cc2c(cc3c4csc5c6c7ccccc7cc7c8csc9c%10c%11ccccc%11cc%11c%12csc%13c2c3c2c(c%12%13)c(c%11%10)c(c89)c(c76)c2c45)CC1. The molecule has 230 valence electrons. The normalized spacial score (nSPS) is 14.8. The summed E-state index contributed by atoms with van der Waals surface area (Å²) in [6, 6.07) is 26.0. The van der Waals surface area contributed by atoms with Crippen molar-refractivity contribution in [2.24, 2.45) is 0 Å². The van der Waals surface area contributed by atoms with Gasteiger partial charge >= 0.3 is 0 Å². The van der Waals surface area contributed by atoms with E-state index in [1.165, 1.54) is 160 Å². The molecule has 0 N–H and O–H groups in total. The van der Waals surface area contributed by atoms with E-state index in [1.54, 1.807) is 0 Å². The minimum absolute atomic E-state index is 1.11. The van der Waals surface area contributed by atoms with Gasteiger partial charge in [-0.25, -0.2) is 0 Å². The highest BCUT2D eigenvalue weighted by molar-refractivity contribution is 7.21. The van der Waals surface area contributed by atoms with Gasteiger partial charge in [-0.3, -0.25) is 0 Å². The molecule has 0 saturated carbocycles. The van der Waals surface area contributed by atoms with E-state index in [0.29, 0.717) is 0 Å². The average molecular weight is 693 g/mol. The van der Waals surface area contributed by atoms with E-state index in [1.807, 2.05) is 34.0 Å². The van der Waals surface area contributed by atoms with Gasteiger partial charge in [0.2, 0.25) is 0 Å². The second-order valence-electron chi connectivity index (χ2n) is 15.3. The third-order valence-electron chi connectivity index (χ3n) is 13.3. The molecule has 0 fully saturated rings. The molecule has 0 amide bonds. The molecule has 3 aromatic heterocycles. The molecule has 0 saturated heterocycles. The number of aryl methyl sites for hydroxylation is 1. The fraction of sp³-hybridized carbons (Fsp3) is 0.0417. The first-order valence-electron chi connectivity index (χ1n) is 18.0. The van der Waals surface area contributed by atoms with Crippen LogP contribution in [0.3, 0.4) is 0 Å². The zero-order chi connectivity index (χ0) is 32.2. The number of fused-ring (bicyclic) bond motifs is 12. The molecule has 16 rings (SSSR count). The van der Waals surface area contributed by atoms with Gasteiger partial charge in [-0.1, -0.05) is 60.7 Å². The van der Waals surface area contributed by atoms with Crippen molar-refractivity contribution in [3.63, 3.8) is 0 Å². The van der Waals surface area contributed by atoms with Crippen LogP contribution in [0.2, 0.25) is 0 Å². The van der Waals surface area contributed by atoms with Crippen molar-refractivity contribution in [2.75, 3.05) is 0 Å². The van der Waals surface area contributed by atoms with Crippen LogP contribution in [0.15, 0.2) is 88.9 Å². The van der Waals surface area contributed by atoms with E-state index < -0.39 is 0 Å². The third-order valence-corrected chi connectivity index (χ3v) is 16.3. The minimum Gasteiger partial charge on any atom is -0.142 e. The Hall–Kier alpha value is -5.32. The summed E-state index contributed by atoms with van der Waals surface area (Å²) in [5.74, 6) is 0. The molecule has 1 aliphatic carbocycles. The van der Waals surface area contributed by atoms with E-state index in [2.05, 4.69) is 95.0 Å². The number of rotatable bonds is 0. The van der Waals surface area contributed by atoms with Crippen molar-refractivity contribution < 1.29 is 0 Å². The molecule has 51 heavy (non-hydrogen) atoms. The van der Waals surface area contributed by atoms with Gasteiger partial charge in [-0.05, 0) is 96.0 Å². The highest BCUT2D eigenvalue weighted by atomic mass is 32.1. The molecule has 0 unspecified atom stereocenters. The van der Waals surface area contributed by atoms with Crippen LogP contribution in [-0.4, -0.2) is 0 Å². The van der Waals surface area contributed by atoms with Crippen LogP contribution in [0.5, 0.6) is 0 Å². The summed E-state index contributed by atoms with van der Waals surface area (Å²) < 4.78 is 4.40. The summed E-state index contributed by atoms with van der Waals surface area (Å²) in [7, 11) is 0. The lowest BCUT2D eigenvalue weighted by Crippen LogP contribution is -2.00. The molecule has 0 spiro atoms. The molecule has 0 bridgehead atoms. The fourth-order valence-corrected chi connectivity index (χ4v) is 15.0. The Labute approximate surface area is 300 Å². The lowest BCUT2D eigenvalue weighted by molar-refractivity contribution is 0.992. The first kappa shape index (κ1) is 24.8. The van der Waals surface area contributed by atoms with E-state index in [0.717, 1.165) is 12.8 Å². The quantitative estimate of drug-likeness (QED) is 0.110. The first-order valence-corrected chi connectivity index (χ1v) is 20.6. The Balaban J connectivity index is 1.42. The summed E-state index contributed by atoms with van der Waals surface area (Å²) in [4.78, 5) is 0. The zero-order valence-electron chi connectivity index (χ0n) is 26.9. The second-order valence-corrected chi connectivity index (χ2v) is 17.9. The zero-order valence-corrected chi connectivity index (χ0v) is 29.3. The molecule has 12 aromatic carbocycles. The van der Waals surface area contributed by atoms with Gasteiger partial charge in [0.25, 0.3) is 0 Å². The van der Waals surface area contributed by atoms with E-state index in [4.69, 9.17) is 0 Å². The summed E-state index contributed by atoms with van der Waals surface area (Å²) in [5, 5.41) is 44.1. The number of benzene rings is 12. The van der Waals surface area contributed by atoms with Crippen LogP contribution in [0.4, 0.5) is 0 Å². The molecule has 3 heterocycles. The lowest BCUT2D eigenvalue weighted by Gasteiger charge is -2.27. The lowest BCUT2D eigenvalue weighted by atomic mass is 9.74. The number of thiophene rings is 3. The van der Waals surface area contributed by atoms with Gasteiger partial charge in [0.15, 0.2) is 0 Å². The van der Waals surface area contributed by atoms with E-state index >= 15 is 0 Å². The highest BCUT2D eigenvalue weighted by Gasteiger charge is 2.34. The van der Waals surface area contributed by atoms with Crippen molar-refractivity contribution in [2.45, 2.75) is 12.8 Å². The number of hydrogen-bond donors (Lipinski definition) is 0. The maximum absolute atomic E-state index is 2.61. The molecular weight excluding hydrogens is 673 g/mol. The van der Waals surface area contributed by atoms with Gasteiger partial charge < -0.3 is 0 Å². The first-order chi connectivity index (χ1) is 25.3. The maximum atomic E-state index is 2.61. The fourth-order valence-electron chi connectivity index (χ4n) is 11.6. The summed E-state index contributed by atoms with van der Waals surface area (Å²) in [5.41, 5.74) is 2.98. The standard InChI is InChI=1S/C48H20S3/c1-4-10-22-19(7-1)13-25-28-16-50-47-35-23-11-5-2-9-21(23)15-27-30-18-51-48-36-24-12-6-3-8-20(24)14-26-29-17-49-46-34(22)31(25)40-43(37(28)47)41(33(27)35)45(39(30)48)42(32(26)36)44(40)38(29)46/h1-2,4-7,9-18H,3,8H2. The maximum Gasteiger partial charge on any atom is 0.0440 e. The smallest absolute Gasteiger partial charge is 0.0440 e. The van der Waals surface area contributed by atoms with Crippen LogP contribution in [-0.2, 0) is 6.42 Å². The van der Waals surface area contributed by atoms with Crippen molar-refractivity contribution in [1.29, 1.82) is 0 Å². The molecule has 0 atom stereocenters. The average Bonchev–Trinajstić information content (AvgIpc) is 3.94. The van der Waals surface area contributed by atoms with Gasteiger partial charge in [0, 0.05) is 111 Å². The summed E-state index contributed by atoms with van der Waals surface area (Å²) in [6.45, 7) is 0. The second kappa shape index (κ2) is 7.63. The largest absolute Gasteiger partial charge is 0.142 e. The molecule has 3 heteroatoms. The number of allylic oxidation sites excluding steroid dienone is 1. The van der Waals surface area contributed by atoms with E-state index in [9.17, 15) is 0 Å². The van der Waals surface area contributed by atoms with Crippen LogP contribution in [0.1, 0.15) is 17.5 Å². The molecule has 0 aliphatic heterocycles. The predicted octanol–water partition coefficient (Wildman–Crippen LogP) is 15.6. The Bertz CT molecular complexity index is 4060. The molecule has 15 aromatic rings. The van der Waals surface area contributed by atoms with Crippen molar-refractivity contribution in [3.05, 3.63) is 100 Å².